The van der Waals surface area contributed by atoms with Crippen LogP contribution in [0.15, 0.2) is 0 Å². The second-order valence-corrected chi connectivity index (χ2v) is 4.19. The van der Waals surface area contributed by atoms with E-state index in [9.17, 15) is 19.2 Å². The predicted molar refractivity (Wildman–Crippen MR) is 55.5 cm³/mol. The predicted octanol–water partition coefficient (Wildman–Crippen LogP) is -1.07. The molecule has 18 heavy (non-hydrogen) atoms. The fourth-order valence-electron chi connectivity index (χ4n) is 2.10. The zero-order valence-electron chi connectivity index (χ0n) is 10.0. The van der Waals surface area contributed by atoms with E-state index >= 15 is 0 Å². The summed E-state index contributed by atoms with van der Waals surface area (Å²) in [6.07, 6.45) is 0. The molecule has 0 aromatic rings. The second-order valence-electron chi connectivity index (χ2n) is 4.19. The molecule has 0 radical (unpaired) electrons. The number of carboxylic acid groups (broad SMARTS) is 2. The van der Waals surface area contributed by atoms with Gasteiger partial charge in [0.1, 0.15) is 11.6 Å². The van der Waals surface area contributed by atoms with E-state index < -0.39 is 41.3 Å². The molecule has 0 aromatic carbocycles. The molecule has 1 aliphatic heterocycles. The average Bonchev–Trinajstić information content (AvgIpc) is 2.31. The second kappa shape index (κ2) is 4.28. The summed E-state index contributed by atoms with van der Waals surface area (Å²) >= 11 is 0. The monoisotopic (exact) mass is 259 g/mol. The van der Waals surface area contributed by atoms with Crippen molar-refractivity contribution in [3.05, 3.63) is 0 Å². The summed E-state index contributed by atoms with van der Waals surface area (Å²) in [7, 11) is 0.956. The molecule has 1 rings (SSSR count). The zero-order valence-corrected chi connectivity index (χ0v) is 10.0. The molecule has 1 heterocycles. The van der Waals surface area contributed by atoms with E-state index in [-0.39, 0.29) is 0 Å². The van der Waals surface area contributed by atoms with E-state index in [2.05, 4.69) is 4.74 Å². The molecule has 0 aliphatic carbocycles. The van der Waals surface area contributed by atoms with Gasteiger partial charge in [-0.05, 0) is 6.92 Å². The number of hydrogen-bond acceptors (Lipinski definition) is 5. The topological polar surface area (TPSA) is 121 Å². The van der Waals surface area contributed by atoms with Crippen LogP contribution in [-0.2, 0) is 23.9 Å². The van der Waals surface area contributed by atoms with Crippen molar-refractivity contribution in [1.82, 2.24) is 4.90 Å². The van der Waals surface area contributed by atoms with Gasteiger partial charge in [-0.15, -0.1) is 0 Å². The first kappa shape index (κ1) is 13.9. The molecule has 8 heteroatoms. The molecule has 100 valence electrons. The number of carboxylic acids is 2. The third-order valence-corrected chi connectivity index (χ3v) is 3.40. The lowest BCUT2D eigenvalue weighted by molar-refractivity contribution is -0.200. The first-order valence-corrected chi connectivity index (χ1v) is 5.07. The van der Waals surface area contributed by atoms with Gasteiger partial charge in [0.15, 0.2) is 0 Å². The van der Waals surface area contributed by atoms with Crippen LogP contribution in [0.4, 0.5) is 0 Å². The van der Waals surface area contributed by atoms with E-state index in [0.717, 1.165) is 7.11 Å². The Morgan fingerprint density at radius 1 is 1.22 bits per heavy atom. The normalized spacial score (nSPS) is 30.3. The van der Waals surface area contributed by atoms with Gasteiger partial charge in [0.25, 0.3) is 0 Å². The van der Waals surface area contributed by atoms with E-state index in [0.29, 0.717) is 4.90 Å². The lowest BCUT2D eigenvalue weighted by Crippen LogP contribution is -2.78. The molecular weight excluding hydrogens is 246 g/mol. The molecule has 1 aliphatic rings. The van der Waals surface area contributed by atoms with Crippen molar-refractivity contribution in [3.63, 3.8) is 0 Å². The average molecular weight is 259 g/mol. The molecular formula is C10H13NO7. The van der Waals surface area contributed by atoms with Crippen molar-refractivity contribution in [2.24, 2.45) is 5.92 Å². The number of likely N-dealkylation sites (tertiary alicyclic amines) is 1. The molecule has 1 fully saturated rings. The molecule has 8 nitrogen and oxygen atoms in total. The zero-order chi connectivity index (χ0) is 14.2. The Morgan fingerprint density at radius 3 is 2.06 bits per heavy atom. The third-order valence-electron chi connectivity index (χ3n) is 3.40. The van der Waals surface area contributed by atoms with Crippen LogP contribution in [0.5, 0.6) is 0 Å². The number of carbonyl (C=O) groups is 4. The Kier molecular flexibility index (Phi) is 3.32. The van der Waals surface area contributed by atoms with E-state index in [1.807, 2.05) is 0 Å². The van der Waals surface area contributed by atoms with Crippen LogP contribution in [-0.4, -0.2) is 57.6 Å². The lowest BCUT2D eigenvalue weighted by Gasteiger charge is -2.56. The summed E-state index contributed by atoms with van der Waals surface area (Å²) in [5, 5.41) is 18.0. The van der Waals surface area contributed by atoms with Crippen LogP contribution in [0, 0.1) is 5.92 Å². The quantitative estimate of drug-likeness (QED) is 0.478. The number of aliphatic carboxylic acids is 2. The summed E-state index contributed by atoms with van der Waals surface area (Å²) in [5.41, 5.74) is -1.73. The van der Waals surface area contributed by atoms with Crippen molar-refractivity contribution in [2.45, 2.75) is 25.4 Å². The highest BCUT2D eigenvalue weighted by Gasteiger charge is 2.66. The standard InChI is InChI=1S/C10H13NO7/c1-4-5(7(13)14)11(6(12)8(15)18-3)10(4,2)9(16)17/h4-5H,1-3H3,(H,13,14)(H,16,17). The third kappa shape index (κ3) is 1.60. The maximum atomic E-state index is 11.7. The fourth-order valence-corrected chi connectivity index (χ4v) is 2.10. The van der Waals surface area contributed by atoms with Crippen molar-refractivity contribution in [2.75, 3.05) is 7.11 Å². The summed E-state index contributed by atoms with van der Waals surface area (Å²) in [6, 6.07) is -1.35. The maximum Gasteiger partial charge on any atom is 0.396 e. The van der Waals surface area contributed by atoms with Crippen LogP contribution in [0.3, 0.4) is 0 Å². The van der Waals surface area contributed by atoms with Crippen molar-refractivity contribution in [3.8, 4) is 0 Å². The molecule has 0 spiro atoms. The Bertz CT molecular complexity index is 432. The van der Waals surface area contributed by atoms with Crippen molar-refractivity contribution < 1.29 is 34.1 Å². The summed E-state index contributed by atoms with van der Waals surface area (Å²) < 4.78 is 4.19. The number of esters is 1. The molecule has 0 saturated carbocycles. The maximum absolute atomic E-state index is 11.7. The Balaban J connectivity index is 3.17. The van der Waals surface area contributed by atoms with Crippen molar-refractivity contribution in [1.29, 1.82) is 0 Å². The van der Waals surface area contributed by atoms with Gasteiger partial charge < -0.3 is 19.8 Å². The molecule has 3 unspecified atom stereocenters. The molecule has 2 N–H and O–H groups in total. The number of hydrogen-bond donors (Lipinski definition) is 2. The molecule has 0 bridgehead atoms. The molecule has 3 atom stereocenters. The lowest BCUT2D eigenvalue weighted by atomic mass is 9.69. The van der Waals surface area contributed by atoms with E-state index in [4.69, 9.17) is 10.2 Å². The van der Waals surface area contributed by atoms with Crippen LogP contribution >= 0.6 is 0 Å². The van der Waals surface area contributed by atoms with Gasteiger partial charge in [-0.2, -0.15) is 0 Å². The van der Waals surface area contributed by atoms with E-state index in [1.54, 1.807) is 0 Å². The van der Waals surface area contributed by atoms with Crippen LogP contribution in [0.25, 0.3) is 0 Å². The van der Waals surface area contributed by atoms with Gasteiger partial charge >= 0.3 is 23.8 Å². The fraction of sp³-hybridized carbons (Fsp3) is 0.600. The molecule has 0 aromatic heterocycles. The molecule has 1 amide bonds. The van der Waals surface area contributed by atoms with Gasteiger partial charge in [-0.25, -0.2) is 14.4 Å². The van der Waals surface area contributed by atoms with Crippen molar-refractivity contribution >= 4 is 23.8 Å². The highest BCUT2D eigenvalue weighted by Crippen LogP contribution is 2.42. The Morgan fingerprint density at radius 2 is 1.72 bits per heavy atom. The van der Waals surface area contributed by atoms with Gasteiger partial charge in [0.05, 0.1) is 7.11 Å². The minimum atomic E-state index is -1.73. The Labute approximate surface area is 102 Å². The number of ether oxygens (including phenoxy) is 1. The van der Waals surface area contributed by atoms with Crippen LogP contribution in [0.2, 0.25) is 0 Å². The molecule has 1 saturated heterocycles. The highest BCUT2D eigenvalue weighted by molar-refractivity contribution is 6.33. The van der Waals surface area contributed by atoms with E-state index in [1.165, 1.54) is 13.8 Å². The van der Waals surface area contributed by atoms with Gasteiger partial charge in [-0.1, -0.05) is 6.92 Å². The van der Waals surface area contributed by atoms with Gasteiger partial charge in [0.2, 0.25) is 0 Å². The minimum absolute atomic E-state index is 0.536. The summed E-state index contributed by atoms with van der Waals surface area (Å²) in [6.45, 7) is 2.59. The van der Waals surface area contributed by atoms with Crippen LogP contribution in [0.1, 0.15) is 13.8 Å². The van der Waals surface area contributed by atoms with Gasteiger partial charge in [-0.3, -0.25) is 4.79 Å². The summed E-state index contributed by atoms with van der Waals surface area (Å²) in [4.78, 5) is 45.5. The number of rotatable bonds is 2. The number of amides is 1. The first-order chi connectivity index (χ1) is 8.19. The largest absolute Gasteiger partial charge is 0.480 e. The van der Waals surface area contributed by atoms with Crippen LogP contribution < -0.4 is 0 Å². The number of carbonyl (C=O) groups excluding carboxylic acids is 2. The highest BCUT2D eigenvalue weighted by atomic mass is 16.5. The minimum Gasteiger partial charge on any atom is -0.480 e. The first-order valence-electron chi connectivity index (χ1n) is 5.07. The van der Waals surface area contributed by atoms with Gasteiger partial charge in [0, 0.05) is 5.92 Å². The Hall–Kier alpha value is -2.12. The number of methoxy groups -OCH3 is 1. The SMILES string of the molecule is COC(=O)C(=O)N1C(C(=O)O)C(C)C1(C)C(=O)O. The number of nitrogens with zero attached hydrogens (tertiary/aromatic N) is 1. The smallest absolute Gasteiger partial charge is 0.396 e. The summed E-state index contributed by atoms with van der Waals surface area (Å²) in [5.74, 6) is -6.11.